The fourth-order valence-electron chi connectivity index (χ4n) is 5.93. The van der Waals surface area contributed by atoms with Crippen LogP contribution >= 0.6 is 11.8 Å². The van der Waals surface area contributed by atoms with Crippen molar-refractivity contribution in [3.05, 3.63) is 81.6 Å². The molecule has 0 atom stereocenters. The molecule has 1 saturated carbocycles. The number of hydrogen-bond acceptors (Lipinski definition) is 3. The van der Waals surface area contributed by atoms with E-state index in [0.717, 1.165) is 47.8 Å². The number of aryl methyl sites for hydroxylation is 1. The molecule has 1 heterocycles. The van der Waals surface area contributed by atoms with Gasteiger partial charge in [-0.15, -0.1) is 0 Å². The minimum atomic E-state index is -0.0351. The molecule has 2 aliphatic carbocycles. The van der Waals surface area contributed by atoms with Crippen molar-refractivity contribution in [2.75, 3.05) is 5.75 Å². The number of thioether (sulfide) groups is 1. The van der Waals surface area contributed by atoms with Gasteiger partial charge in [-0.2, -0.15) is 0 Å². The molecular formula is C30H36N2OS. The molecule has 0 bridgehead atoms. The maximum atomic E-state index is 14.3. The van der Waals surface area contributed by atoms with Crippen LogP contribution in [0.15, 0.2) is 64.5 Å². The van der Waals surface area contributed by atoms with E-state index in [4.69, 9.17) is 4.98 Å². The molecule has 4 heteroatoms. The maximum absolute atomic E-state index is 14.3. The van der Waals surface area contributed by atoms with Crippen LogP contribution in [0.4, 0.5) is 0 Å². The van der Waals surface area contributed by atoms with Crippen molar-refractivity contribution in [2.24, 2.45) is 0 Å². The Morgan fingerprint density at radius 1 is 0.971 bits per heavy atom. The van der Waals surface area contributed by atoms with Gasteiger partial charge in [0.15, 0.2) is 5.16 Å². The van der Waals surface area contributed by atoms with Gasteiger partial charge < -0.3 is 0 Å². The van der Waals surface area contributed by atoms with E-state index in [1.54, 1.807) is 11.8 Å². The minimum absolute atomic E-state index is 0.0351. The van der Waals surface area contributed by atoms with Gasteiger partial charge >= 0.3 is 0 Å². The summed E-state index contributed by atoms with van der Waals surface area (Å²) in [5, 5.41) is 0.904. The number of rotatable bonds is 9. The number of hydrogen-bond donors (Lipinski definition) is 0. The van der Waals surface area contributed by atoms with Crippen molar-refractivity contribution in [1.82, 2.24) is 9.55 Å². The van der Waals surface area contributed by atoms with E-state index in [-0.39, 0.29) is 11.0 Å². The van der Waals surface area contributed by atoms with Crippen molar-refractivity contribution < 1.29 is 0 Å². The molecule has 1 aromatic heterocycles. The minimum Gasteiger partial charge on any atom is -0.287 e. The molecule has 0 saturated heterocycles. The van der Waals surface area contributed by atoms with Crippen LogP contribution in [0.1, 0.15) is 75.0 Å². The summed E-state index contributed by atoms with van der Waals surface area (Å²) >= 11 is 1.78. The Morgan fingerprint density at radius 3 is 2.53 bits per heavy atom. The average Bonchev–Trinajstić information content (AvgIpc) is 3.32. The second-order valence-corrected chi connectivity index (χ2v) is 11.1. The molecule has 0 amide bonds. The molecule has 1 spiro atoms. The smallest absolute Gasteiger partial charge is 0.258 e. The largest absolute Gasteiger partial charge is 0.287 e. The van der Waals surface area contributed by atoms with Crippen LogP contribution in [-0.4, -0.2) is 15.3 Å². The second kappa shape index (κ2) is 10.5. The number of unbranched alkanes of at least 4 members (excludes halogenated alkanes) is 3. The highest BCUT2D eigenvalue weighted by Crippen LogP contribution is 2.50. The van der Waals surface area contributed by atoms with E-state index in [2.05, 4.69) is 61.5 Å². The van der Waals surface area contributed by atoms with Crippen LogP contribution in [0.3, 0.4) is 0 Å². The molecule has 3 aromatic rings. The van der Waals surface area contributed by atoms with Gasteiger partial charge in [0.1, 0.15) is 0 Å². The van der Waals surface area contributed by atoms with Crippen molar-refractivity contribution in [1.29, 1.82) is 0 Å². The molecule has 178 valence electrons. The lowest BCUT2D eigenvalue weighted by atomic mass is 9.68. The van der Waals surface area contributed by atoms with Gasteiger partial charge in [0, 0.05) is 23.3 Å². The van der Waals surface area contributed by atoms with E-state index >= 15 is 0 Å². The molecule has 5 rings (SSSR count). The van der Waals surface area contributed by atoms with E-state index in [0.29, 0.717) is 6.54 Å². The summed E-state index contributed by atoms with van der Waals surface area (Å²) < 4.78 is 2.02. The van der Waals surface area contributed by atoms with Gasteiger partial charge in [-0.3, -0.25) is 9.36 Å². The summed E-state index contributed by atoms with van der Waals surface area (Å²) in [6, 6.07) is 19.2. The quantitative estimate of drug-likeness (QED) is 0.188. The standard InChI is InChI=1S/C30H36N2OS/c1-2-3-4-12-21-34-29-31-27-25-16-9-8-15-24(25)22-30(18-10-11-19-30)26(27)28(33)32(29)20-17-23-13-6-5-7-14-23/h5-9,13-16H,2-4,10-12,17-22H2,1H3. The summed E-state index contributed by atoms with van der Waals surface area (Å²) in [6.45, 7) is 2.94. The fourth-order valence-corrected chi connectivity index (χ4v) is 6.95. The predicted octanol–water partition coefficient (Wildman–Crippen LogP) is 7.19. The Hall–Kier alpha value is -2.33. The van der Waals surface area contributed by atoms with E-state index in [9.17, 15) is 4.79 Å². The van der Waals surface area contributed by atoms with Crippen LogP contribution in [0.25, 0.3) is 11.3 Å². The number of benzene rings is 2. The summed E-state index contributed by atoms with van der Waals surface area (Å²) in [7, 11) is 0. The van der Waals surface area contributed by atoms with E-state index in [1.807, 2.05) is 4.57 Å². The van der Waals surface area contributed by atoms with Crippen molar-refractivity contribution in [2.45, 2.75) is 88.2 Å². The maximum Gasteiger partial charge on any atom is 0.258 e. The lowest BCUT2D eigenvalue weighted by molar-refractivity contribution is 0.415. The van der Waals surface area contributed by atoms with Crippen LogP contribution in [-0.2, 0) is 24.8 Å². The number of fused-ring (bicyclic) bond motifs is 4. The zero-order valence-electron chi connectivity index (χ0n) is 20.4. The van der Waals surface area contributed by atoms with Crippen molar-refractivity contribution in [3.8, 4) is 11.3 Å². The summed E-state index contributed by atoms with van der Waals surface area (Å²) in [4.78, 5) is 19.6. The zero-order valence-corrected chi connectivity index (χ0v) is 21.2. The summed E-state index contributed by atoms with van der Waals surface area (Å²) in [5.74, 6) is 1.02. The third-order valence-electron chi connectivity index (χ3n) is 7.72. The molecule has 34 heavy (non-hydrogen) atoms. The Labute approximate surface area is 208 Å². The lowest BCUT2D eigenvalue weighted by Crippen LogP contribution is -2.40. The Bertz CT molecular complexity index is 1180. The highest BCUT2D eigenvalue weighted by atomic mass is 32.2. The van der Waals surface area contributed by atoms with Gasteiger partial charge in [0.2, 0.25) is 0 Å². The Balaban J connectivity index is 1.57. The highest BCUT2D eigenvalue weighted by molar-refractivity contribution is 7.99. The van der Waals surface area contributed by atoms with Crippen LogP contribution < -0.4 is 5.56 Å². The first-order valence-electron chi connectivity index (χ1n) is 13.1. The average molecular weight is 473 g/mol. The zero-order chi connectivity index (χ0) is 23.4. The van der Waals surface area contributed by atoms with Crippen molar-refractivity contribution >= 4 is 11.8 Å². The predicted molar refractivity (Wildman–Crippen MR) is 143 cm³/mol. The normalized spacial score (nSPS) is 15.9. The topological polar surface area (TPSA) is 34.9 Å². The van der Waals surface area contributed by atoms with Crippen LogP contribution in [0.2, 0.25) is 0 Å². The van der Waals surface area contributed by atoms with Gasteiger partial charge in [0.25, 0.3) is 5.56 Å². The van der Waals surface area contributed by atoms with E-state index < -0.39 is 0 Å². The van der Waals surface area contributed by atoms with Gasteiger partial charge in [-0.1, -0.05) is 105 Å². The molecule has 0 N–H and O–H groups in total. The molecule has 2 aromatic carbocycles. The Kier molecular flexibility index (Phi) is 7.24. The van der Waals surface area contributed by atoms with E-state index in [1.165, 1.54) is 55.2 Å². The lowest BCUT2D eigenvalue weighted by Gasteiger charge is -2.36. The van der Waals surface area contributed by atoms with Crippen LogP contribution in [0, 0.1) is 0 Å². The molecule has 0 unspecified atom stereocenters. The van der Waals surface area contributed by atoms with Gasteiger partial charge in [-0.25, -0.2) is 4.98 Å². The van der Waals surface area contributed by atoms with Gasteiger partial charge in [0.05, 0.1) is 11.3 Å². The van der Waals surface area contributed by atoms with Crippen LogP contribution in [0.5, 0.6) is 0 Å². The summed E-state index contributed by atoms with van der Waals surface area (Å²) in [6.07, 6.45) is 11.4. The monoisotopic (exact) mass is 472 g/mol. The first-order chi connectivity index (χ1) is 16.7. The molecule has 3 nitrogen and oxygen atoms in total. The first kappa shape index (κ1) is 23.4. The number of aromatic nitrogens is 2. The number of nitrogens with zero attached hydrogens (tertiary/aromatic N) is 2. The van der Waals surface area contributed by atoms with Gasteiger partial charge in [-0.05, 0) is 43.2 Å². The molecule has 0 aliphatic heterocycles. The molecule has 1 fully saturated rings. The summed E-state index contributed by atoms with van der Waals surface area (Å²) in [5.41, 5.74) is 5.97. The van der Waals surface area contributed by atoms with Crippen molar-refractivity contribution in [3.63, 3.8) is 0 Å². The Morgan fingerprint density at radius 2 is 1.74 bits per heavy atom. The molecule has 0 radical (unpaired) electrons. The first-order valence-corrected chi connectivity index (χ1v) is 14.1. The highest BCUT2D eigenvalue weighted by Gasteiger charge is 2.44. The third-order valence-corrected chi connectivity index (χ3v) is 8.79. The molecular weight excluding hydrogens is 436 g/mol. The third kappa shape index (κ3) is 4.62. The fraction of sp³-hybridized carbons (Fsp3) is 0.467. The second-order valence-electron chi connectivity index (χ2n) is 10.0. The molecule has 2 aliphatic rings. The SMILES string of the molecule is CCCCCCSc1nc2c(c(=O)n1CCc1ccccc1)C1(CCCC1)Cc1ccccc1-2.